The van der Waals surface area contributed by atoms with Gasteiger partial charge >= 0.3 is 0 Å². The maximum Gasteiger partial charge on any atom is 0.282 e. The summed E-state index contributed by atoms with van der Waals surface area (Å²) >= 11 is 0. The van der Waals surface area contributed by atoms with Crippen molar-refractivity contribution < 1.29 is 0 Å². The van der Waals surface area contributed by atoms with Crippen LogP contribution in [0.4, 0.5) is 0 Å². The molecule has 0 saturated heterocycles. The lowest BCUT2D eigenvalue weighted by Crippen LogP contribution is -2.16. The first-order chi connectivity index (χ1) is 19.6. The summed E-state index contributed by atoms with van der Waals surface area (Å²) in [6, 6.07) is 27.3. The molecule has 8 nitrogen and oxygen atoms in total. The number of aromatic nitrogens is 6. The van der Waals surface area contributed by atoms with E-state index in [9.17, 15) is 9.59 Å². The number of imidazole rings is 2. The molecule has 0 fully saturated rings. The van der Waals surface area contributed by atoms with Crippen molar-refractivity contribution in [2.75, 3.05) is 0 Å². The van der Waals surface area contributed by atoms with Gasteiger partial charge in [0.2, 0.25) is 0 Å². The fourth-order valence-electron chi connectivity index (χ4n) is 5.05. The summed E-state index contributed by atoms with van der Waals surface area (Å²) in [5.41, 5.74) is 4.52. The molecule has 0 atom stereocenters. The van der Waals surface area contributed by atoms with Crippen molar-refractivity contribution in [2.45, 2.75) is 13.1 Å². The van der Waals surface area contributed by atoms with E-state index in [4.69, 9.17) is 0 Å². The molecule has 4 heterocycles. The minimum Gasteiger partial charge on any atom is -0.345 e. The molecule has 194 valence electrons. The summed E-state index contributed by atoms with van der Waals surface area (Å²) in [5, 5.41) is 0. The number of hydrogen-bond donors (Lipinski definition) is 0. The van der Waals surface area contributed by atoms with Gasteiger partial charge in [-0.25, -0.2) is 9.97 Å². The second-order valence-corrected chi connectivity index (χ2v) is 9.69. The first-order valence-electron chi connectivity index (χ1n) is 13.0. The summed E-state index contributed by atoms with van der Waals surface area (Å²) in [7, 11) is 0. The highest BCUT2D eigenvalue weighted by Crippen LogP contribution is 2.20. The van der Waals surface area contributed by atoms with Crippen LogP contribution in [0.1, 0.15) is 11.1 Å². The average Bonchev–Trinajstić information content (AvgIpc) is 3.50. The fourth-order valence-corrected chi connectivity index (χ4v) is 5.05. The van der Waals surface area contributed by atoms with Crippen LogP contribution in [0.15, 0.2) is 132 Å². The van der Waals surface area contributed by atoms with Crippen LogP contribution in [-0.4, -0.2) is 28.2 Å². The molecule has 4 aliphatic rings. The molecule has 40 heavy (non-hydrogen) atoms. The molecular weight excluding hydrogens is 500 g/mol. The van der Waals surface area contributed by atoms with Crippen molar-refractivity contribution in [3.63, 3.8) is 0 Å². The van der Waals surface area contributed by atoms with Crippen LogP contribution in [0.5, 0.6) is 0 Å². The molecule has 0 bridgehead atoms. The van der Waals surface area contributed by atoms with Crippen molar-refractivity contribution in [2.24, 2.45) is 0 Å². The first-order valence-corrected chi connectivity index (χ1v) is 13.0. The number of fused-ring (bicyclic) bond motifs is 2. The van der Waals surface area contributed by atoms with Gasteiger partial charge in [0, 0.05) is 61.4 Å². The monoisotopic (exact) mass is 524 g/mol. The summed E-state index contributed by atoms with van der Waals surface area (Å²) in [4.78, 5) is 35.1. The van der Waals surface area contributed by atoms with Gasteiger partial charge in [0.25, 0.3) is 11.1 Å². The maximum absolute atomic E-state index is 12.9. The molecule has 8 heteroatoms. The second-order valence-electron chi connectivity index (χ2n) is 9.69. The van der Waals surface area contributed by atoms with E-state index in [0.717, 1.165) is 22.3 Å². The van der Waals surface area contributed by atoms with Gasteiger partial charge in [-0.1, -0.05) is 84.9 Å². The molecule has 7 rings (SSSR count). The SMILES string of the molecule is O=c1c(-c2ccccc2)nc2cn(Cc3ccccc3Cn3ccn4c(=O)c(-c5ccccc5)nc-4c3)ccn1-2. The molecule has 3 aromatic carbocycles. The van der Waals surface area contributed by atoms with E-state index in [1.807, 2.05) is 107 Å². The Balaban J connectivity index is 1.18. The van der Waals surface area contributed by atoms with Crippen LogP contribution in [-0.2, 0) is 13.1 Å². The summed E-state index contributed by atoms with van der Waals surface area (Å²) in [6.45, 7) is 1.23. The highest BCUT2D eigenvalue weighted by atomic mass is 16.1. The van der Waals surface area contributed by atoms with Crippen molar-refractivity contribution >= 4 is 0 Å². The Morgan fingerprint density at radius 2 is 0.900 bits per heavy atom. The van der Waals surface area contributed by atoms with E-state index >= 15 is 0 Å². The van der Waals surface area contributed by atoms with Crippen LogP contribution in [0.2, 0.25) is 0 Å². The molecule has 3 aromatic rings. The van der Waals surface area contributed by atoms with Gasteiger partial charge in [0.05, 0.1) is 0 Å². The molecule has 0 aliphatic carbocycles. The number of hydrogen-bond acceptors (Lipinski definition) is 4. The minimum absolute atomic E-state index is 0.129. The molecule has 4 aliphatic heterocycles. The van der Waals surface area contributed by atoms with E-state index in [1.165, 1.54) is 0 Å². The molecule has 0 amide bonds. The summed E-state index contributed by atoms with van der Waals surface area (Å²) in [5.74, 6) is 1.20. The Labute approximate surface area is 229 Å². The average molecular weight is 525 g/mol. The van der Waals surface area contributed by atoms with Crippen LogP contribution in [0, 0.1) is 0 Å². The van der Waals surface area contributed by atoms with E-state index in [1.54, 1.807) is 21.5 Å². The van der Waals surface area contributed by atoms with E-state index in [-0.39, 0.29) is 11.1 Å². The smallest absolute Gasteiger partial charge is 0.282 e. The molecule has 0 saturated carbocycles. The summed E-state index contributed by atoms with van der Waals surface area (Å²) in [6.07, 6.45) is 11.1. The predicted molar refractivity (Wildman–Crippen MR) is 154 cm³/mol. The molecule has 0 radical (unpaired) electrons. The zero-order chi connectivity index (χ0) is 27.1. The van der Waals surface area contributed by atoms with Crippen molar-refractivity contribution in [3.8, 4) is 34.2 Å². The zero-order valence-electron chi connectivity index (χ0n) is 21.5. The minimum atomic E-state index is -0.129. The van der Waals surface area contributed by atoms with Crippen molar-refractivity contribution in [1.29, 1.82) is 0 Å². The van der Waals surface area contributed by atoms with Crippen molar-refractivity contribution in [3.05, 3.63) is 154 Å². The Bertz CT molecular complexity index is 1850. The van der Waals surface area contributed by atoms with Crippen LogP contribution < -0.4 is 11.1 Å². The lowest BCUT2D eigenvalue weighted by Gasteiger charge is -2.15. The largest absolute Gasteiger partial charge is 0.345 e. The maximum atomic E-state index is 12.9. The predicted octanol–water partition coefficient (Wildman–Crippen LogP) is 4.69. The molecule has 0 N–H and O–H groups in total. The summed E-state index contributed by atoms with van der Waals surface area (Å²) < 4.78 is 7.23. The van der Waals surface area contributed by atoms with Gasteiger partial charge in [-0.15, -0.1) is 0 Å². The third-order valence-corrected chi connectivity index (χ3v) is 7.08. The molecule has 0 aromatic heterocycles. The van der Waals surface area contributed by atoms with E-state index < -0.39 is 0 Å². The van der Waals surface area contributed by atoms with Gasteiger partial charge in [-0.3, -0.25) is 18.7 Å². The van der Waals surface area contributed by atoms with E-state index in [0.29, 0.717) is 36.1 Å². The van der Waals surface area contributed by atoms with E-state index in [2.05, 4.69) is 22.1 Å². The Morgan fingerprint density at radius 1 is 0.500 bits per heavy atom. The third kappa shape index (κ3) is 4.21. The number of nitrogens with zero attached hydrogens (tertiary/aromatic N) is 6. The third-order valence-electron chi connectivity index (χ3n) is 7.08. The Morgan fingerprint density at radius 3 is 1.32 bits per heavy atom. The molecular formula is C32H24N6O2. The van der Waals surface area contributed by atoms with Gasteiger partial charge in [-0.2, -0.15) is 0 Å². The van der Waals surface area contributed by atoms with Crippen LogP contribution in [0.3, 0.4) is 0 Å². The van der Waals surface area contributed by atoms with Gasteiger partial charge in [0.15, 0.2) is 11.6 Å². The fraction of sp³-hybridized carbons (Fsp3) is 0.0625. The lowest BCUT2D eigenvalue weighted by atomic mass is 10.1. The van der Waals surface area contributed by atoms with Crippen LogP contribution >= 0.6 is 0 Å². The van der Waals surface area contributed by atoms with Gasteiger partial charge in [0.1, 0.15) is 11.4 Å². The Kier molecular flexibility index (Phi) is 5.70. The lowest BCUT2D eigenvalue weighted by molar-refractivity contribution is 0.720. The first kappa shape index (κ1) is 23.6. The standard InChI is InChI=1S/C32H24N6O2/c39-31-29(23-9-3-1-4-10-23)33-27-21-35(15-17-37(27)31)19-25-13-7-8-14-26(25)20-36-16-18-38-28(22-36)34-30(32(38)40)24-11-5-2-6-12-24/h1-18,21-22H,19-20H2. The second kappa shape index (κ2) is 9.67. The Hall–Kier alpha value is -5.50. The topological polar surface area (TPSA) is 79.6 Å². The quantitative estimate of drug-likeness (QED) is 0.316. The van der Waals surface area contributed by atoms with Crippen molar-refractivity contribution in [1.82, 2.24) is 28.2 Å². The molecule has 0 unspecified atom stereocenters. The van der Waals surface area contributed by atoms with Gasteiger partial charge < -0.3 is 9.13 Å². The zero-order valence-corrected chi connectivity index (χ0v) is 21.5. The number of rotatable bonds is 6. The normalized spacial score (nSPS) is 11.4. The van der Waals surface area contributed by atoms with Gasteiger partial charge in [-0.05, 0) is 11.1 Å². The van der Waals surface area contributed by atoms with Crippen LogP contribution in [0.25, 0.3) is 34.2 Å². The number of benzene rings is 3. The highest BCUT2D eigenvalue weighted by molar-refractivity contribution is 5.61. The highest BCUT2D eigenvalue weighted by Gasteiger charge is 2.17. The molecule has 0 spiro atoms.